The first-order valence-corrected chi connectivity index (χ1v) is 18.2. The molecule has 0 aromatic heterocycles. The second-order valence-electron chi connectivity index (χ2n) is 14.1. The predicted octanol–water partition coefficient (Wildman–Crippen LogP) is 6.87. The van der Waals surface area contributed by atoms with Gasteiger partial charge in [0.15, 0.2) is 0 Å². The Balaban J connectivity index is 4.38. The molecule has 9 heteroatoms. The Kier molecular flexibility index (Phi) is 16.6. The van der Waals surface area contributed by atoms with Crippen LogP contribution in [0.3, 0.4) is 0 Å². The molecule has 0 rings (SSSR count). The van der Waals surface area contributed by atoms with Gasteiger partial charge in [-0.15, -0.1) is 0 Å². The summed E-state index contributed by atoms with van der Waals surface area (Å²) in [7, 11) is -6.37. The van der Waals surface area contributed by atoms with Crippen LogP contribution in [0.25, 0.3) is 0 Å². The average molecular weight is 571 g/mol. The van der Waals surface area contributed by atoms with Gasteiger partial charge < -0.3 is 24.4 Å². The summed E-state index contributed by atoms with van der Waals surface area (Å²) >= 11 is 0. The van der Waals surface area contributed by atoms with Crippen molar-refractivity contribution in [1.82, 2.24) is 0 Å². The van der Waals surface area contributed by atoms with E-state index in [0.29, 0.717) is 58.0 Å². The van der Waals surface area contributed by atoms with E-state index in [1.54, 1.807) is 0 Å². The summed E-state index contributed by atoms with van der Waals surface area (Å²) in [4.78, 5) is 20.7. The monoisotopic (exact) mass is 570 g/mol. The van der Waals surface area contributed by atoms with Gasteiger partial charge in [-0.2, -0.15) is 0 Å². The maximum Gasteiger partial charge on any atom is 0.201 e. The molecule has 4 unspecified atom stereocenters. The Morgan fingerprint density at radius 1 is 0.730 bits per heavy atom. The third-order valence-corrected chi connectivity index (χ3v) is 11.0. The molecule has 224 valence electrons. The minimum atomic E-state index is -3.19. The first-order valence-electron chi connectivity index (χ1n) is 14.1. The molecule has 0 saturated carbocycles. The SMILES string of the molecule is CCC(CO)(COCCCP(=O)(O)CC(C)CC(C)(C)C)COCCCP(=O)(O)CC(C)CC(C)(C)C. The zero-order valence-electron chi connectivity index (χ0n) is 25.4. The Morgan fingerprint density at radius 3 is 1.35 bits per heavy atom. The fourth-order valence-electron chi connectivity index (χ4n) is 5.23. The Labute approximate surface area is 228 Å². The molecule has 0 saturated heterocycles. The minimum Gasteiger partial charge on any atom is -0.396 e. The second kappa shape index (κ2) is 16.5. The van der Waals surface area contributed by atoms with Crippen LogP contribution < -0.4 is 0 Å². The number of rotatable bonds is 20. The molecule has 0 aliphatic rings. The first-order chi connectivity index (χ1) is 16.7. The predicted molar refractivity (Wildman–Crippen MR) is 156 cm³/mol. The number of aliphatic hydroxyl groups is 1. The van der Waals surface area contributed by atoms with Crippen LogP contribution in [-0.4, -0.2) is 72.6 Å². The van der Waals surface area contributed by atoms with Crippen LogP contribution in [0.1, 0.15) is 94.4 Å². The summed E-state index contributed by atoms with van der Waals surface area (Å²) in [6.07, 6.45) is 4.65. The van der Waals surface area contributed by atoms with Gasteiger partial charge >= 0.3 is 0 Å². The summed E-state index contributed by atoms with van der Waals surface area (Å²) in [6.45, 7) is 20.2. The van der Waals surface area contributed by atoms with E-state index < -0.39 is 20.2 Å². The molecule has 0 amide bonds. The van der Waals surface area contributed by atoms with Gasteiger partial charge in [0, 0.05) is 43.3 Å². The first kappa shape index (κ1) is 37.3. The van der Waals surface area contributed by atoms with E-state index in [1.165, 1.54) is 0 Å². The van der Waals surface area contributed by atoms with Gasteiger partial charge in [-0.05, 0) is 54.8 Å². The van der Waals surface area contributed by atoms with Crippen LogP contribution in [-0.2, 0) is 18.6 Å². The summed E-state index contributed by atoms with van der Waals surface area (Å²) in [5.74, 6) is 0.394. The van der Waals surface area contributed by atoms with Crippen molar-refractivity contribution in [3.05, 3.63) is 0 Å². The van der Waals surface area contributed by atoms with Crippen molar-refractivity contribution in [3.8, 4) is 0 Å². The van der Waals surface area contributed by atoms with Crippen LogP contribution in [0.5, 0.6) is 0 Å². The molecule has 0 fully saturated rings. The molecule has 37 heavy (non-hydrogen) atoms. The molecule has 0 aliphatic heterocycles. The second-order valence-corrected chi connectivity index (χ2v) is 19.1. The van der Waals surface area contributed by atoms with Gasteiger partial charge in [0.25, 0.3) is 0 Å². The molecule has 7 nitrogen and oxygen atoms in total. The average Bonchev–Trinajstić information content (AvgIpc) is 2.67. The smallest absolute Gasteiger partial charge is 0.201 e. The van der Waals surface area contributed by atoms with E-state index >= 15 is 0 Å². The molecule has 0 spiro atoms. The molecule has 0 radical (unpaired) electrons. The molecule has 0 aromatic rings. The molecule has 0 bridgehead atoms. The van der Waals surface area contributed by atoms with Crippen molar-refractivity contribution >= 4 is 14.7 Å². The molecule has 0 heterocycles. The lowest BCUT2D eigenvalue weighted by atomic mass is 9.86. The highest BCUT2D eigenvalue weighted by molar-refractivity contribution is 7.58. The lowest BCUT2D eigenvalue weighted by Gasteiger charge is -2.30. The molecule has 0 aliphatic carbocycles. The van der Waals surface area contributed by atoms with Gasteiger partial charge in [0.2, 0.25) is 14.7 Å². The Hall–Kier alpha value is 0.260. The van der Waals surface area contributed by atoms with Gasteiger partial charge in [-0.3, -0.25) is 9.13 Å². The third-order valence-electron chi connectivity index (χ3n) is 6.61. The van der Waals surface area contributed by atoms with Gasteiger partial charge in [0.05, 0.1) is 19.8 Å². The van der Waals surface area contributed by atoms with Crippen LogP contribution in [0.2, 0.25) is 0 Å². The van der Waals surface area contributed by atoms with Crippen molar-refractivity contribution in [2.24, 2.45) is 28.1 Å². The van der Waals surface area contributed by atoms with Gasteiger partial charge in [0.1, 0.15) is 0 Å². The fraction of sp³-hybridized carbons (Fsp3) is 1.00. The standard InChI is InChI=1S/C28H60O7P2/c1-10-28(21-29,22-34-13-11-15-36(30,31)19-24(2)17-26(4,5)6)23-35-14-12-16-37(32,33)20-25(3)18-27(7,8)9/h24-25,29H,10-23H2,1-9H3,(H,30,31)(H,32,33). The highest BCUT2D eigenvalue weighted by Gasteiger charge is 2.30. The summed E-state index contributed by atoms with van der Waals surface area (Å²) in [6, 6.07) is 0. The topological polar surface area (TPSA) is 113 Å². The number of aliphatic hydroxyl groups excluding tert-OH is 1. The molecular weight excluding hydrogens is 510 g/mol. The van der Waals surface area contributed by atoms with Crippen molar-refractivity contribution in [1.29, 1.82) is 0 Å². The van der Waals surface area contributed by atoms with Crippen LogP contribution in [0, 0.1) is 28.1 Å². The summed E-state index contributed by atoms with van der Waals surface area (Å²) < 4.78 is 36.8. The minimum absolute atomic E-state index is 0.0882. The zero-order chi connectivity index (χ0) is 29.0. The van der Waals surface area contributed by atoms with Crippen LogP contribution in [0.4, 0.5) is 0 Å². The number of hydrogen-bond donors (Lipinski definition) is 3. The van der Waals surface area contributed by atoms with Crippen LogP contribution in [0.15, 0.2) is 0 Å². The van der Waals surface area contributed by atoms with E-state index in [4.69, 9.17) is 9.47 Å². The normalized spacial score (nSPS) is 19.6. The fourth-order valence-corrected chi connectivity index (χ4v) is 9.05. The van der Waals surface area contributed by atoms with E-state index in [-0.39, 0.29) is 41.6 Å². The van der Waals surface area contributed by atoms with Crippen molar-refractivity contribution < 1.29 is 33.5 Å². The van der Waals surface area contributed by atoms with Crippen molar-refractivity contribution in [2.45, 2.75) is 94.4 Å². The largest absolute Gasteiger partial charge is 0.396 e. The van der Waals surface area contributed by atoms with E-state index in [0.717, 1.165) is 12.8 Å². The Bertz CT molecular complexity index is 652. The number of hydrogen-bond acceptors (Lipinski definition) is 5. The maximum atomic E-state index is 12.6. The van der Waals surface area contributed by atoms with Crippen molar-refractivity contribution in [2.75, 3.05) is 57.7 Å². The van der Waals surface area contributed by atoms with E-state index in [9.17, 15) is 24.0 Å². The quantitative estimate of drug-likeness (QED) is 0.108. The van der Waals surface area contributed by atoms with Gasteiger partial charge in [-0.1, -0.05) is 62.3 Å². The maximum absolute atomic E-state index is 12.6. The van der Waals surface area contributed by atoms with Gasteiger partial charge in [-0.25, -0.2) is 0 Å². The molecule has 3 N–H and O–H groups in total. The third kappa shape index (κ3) is 19.9. The van der Waals surface area contributed by atoms with Crippen LogP contribution >= 0.6 is 14.7 Å². The molecule has 4 atom stereocenters. The van der Waals surface area contributed by atoms with Crippen molar-refractivity contribution in [3.63, 3.8) is 0 Å². The zero-order valence-corrected chi connectivity index (χ0v) is 27.2. The molecule has 0 aromatic carbocycles. The molecular formula is C28H60O7P2. The summed E-state index contributed by atoms with van der Waals surface area (Å²) in [5, 5.41) is 10.0. The van der Waals surface area contributed by atoms with E-state index in [1.807, 2.05) is 20.8 Å². The Morgan fingerprint density at radius 2 is 1.08 bits per heavy atom. The highest BCUT2D eigenvalue weighted by atomic mass is 31.2. The lowest BCUT2D eigenvalue weighted by Crippen LogP contribution is -2.36. The highest BCUT2D eigenvalue weighted by Crippen LogP contribution is 2.46. The number of ether oxygens (including phenoxy) is 2. The summed E-state index contributed by atoms with van der Waals surface area (Å²) in [5.41, 5.74) is -0.268. The van der Waals surface area contributed by atoms with E-state index in [2.05, 4.69) is 41.5 Å². The lowest BCUT2D eigenvalue weighted by molar-refractivity contribution is -0.0527.